The number of hydrogen-bond donors (Lipinski definition) is 2. The summed E-state index contributed by atoms with van der Waals surface area (Å²) < 4.78 is 91.4. The first-order valence-electron chi connectivity index (χ1n) is 16.8. The Morgan fingerprint density at radius 2 is 1.09 bits per heavy atom. The lowest BCUT2D eigenvalue weighted by Gasteiger charge is -2.09. The number of alkyl halides is 6. The molecule has 2 heterocycles. The molecule has 0 atom stereocenters. The quantitative estimate of drug-likeness (QED) is 0.0856. The molecule has 17 heteroatoms. The van der Waals surface area contributed by atoms with Crippen LogP contribution in [0.1, 0.15) is 54.8 Å². The van der Waals surface area contributed by atoms with Gasteiger partial charge in [-0.1, -0.05) is 72.5 Å². The van der Waals surface area contributed by atoms with Crippen LogP contribution in [0.15, 0.2) is 106 Å². The smallest absolute Gasteiger partial charge is 0.416 e. The average molecular weight is 803 g/mol. The fourth-order valence-corrected chi connectivity index (χ4v) is 4.96. The van der Waals surface area contributed by atoms with Crippen LogP contribution in [0.2, 0.25) is 0 Å². The molecule has 0 fully saturated rings. The molecule has 3 N–H and O–H groups in total. The van der Waals surface area contributed by atoms with Crippen molar-refractivity contribution in [1.29, 1.82) is 0 Å². The van der Waals surface area contributed by atoms with E-state index in [4.69, 9.17) is 21.0 Å². The normalized spacial score (nSPS) is 10.8. The summed E-state index contributed by atoms with van der Waals surface area (Å²) >= 11 is 0. The van der Waals surface area contributed by atoms with Gasteiger partial charge in [-0.15, -0.1) is 33.2 Å². The number of nitrogens with zero attached hydrogens (tertiary/aromatic N) is 4. The van der Waals surface area contributed by atoms with Crippen LogP contribution >= 0.6 is 0 Å². The summed E-state index contributed by atoms with van der Waals surface area (Å²) in [5.41, 5.74) is 7.48. The van der Waals surface area contributed by atoms with E-state index in [2.05, 4.69) is 48.7 Å². The lowest BCUT2D eigenvalue weighted by Crippen LogP contribution is -2.23. The number of halogens is 6. The largest absolute Gasteiger partial charge is 0.462 e. The van der Waals surface area contributed by atoms with Gasteiger partial charge in [-0.05, 0) is 71.5 Å². The molecule has 11 nitrogen and oxygen atoms in total. The third-order valence-corrected chi connectivity index (χ3v) is 7.72. The molecule has 6 rings (SSSR count). The second-order valence-corrected chi connectivity index (χ2v) is 11.7. The van der Waals surface area contributed by atoms with Crippen LogP contribution < -0.4 is 11.1 Å². The van der Waals surface area contributed by atoms with Gasteiger partial charge in [-0.25, -0.2) is 4.79 Å². The van der Waals surface area contributed by atoms with Crippen LogP contribution in [0.25, 0.3) is 22.9 Å². The highest BCUT2D eigenvalue weighted by Crippen LogP contribution is 2.32. The lowest BCUT2D eigenvalue weighted by atomic mass is 9.99. The molecular formula is C41H32F6N6O5. The van der Waals surface area contributed by atoms with E-state index in [0.717, 1.165) is 35.4 Å². The lowest BCUT2D eigenvalue weighted by molar-refractivity contribution is -0.138. The predicted octanol–water partition coefficient (Wildman–Crippen LogP) is 7.42. The van der Waals surface area contributed by atoms with E-state index in [1.165, 1.54) is 31.4 Å². The van der Waals surface area contributed by atoms with Crippen molar-refractivity contribution in [1.82, 2.24) is 25.7 Å². The monoisotopic (exact) mass is 802 g/mol. The Hall–Kier alpha value is -7.24. The summed E-state index contributed by atoms with van der Waals surface area (Å²) in [4.78, 5) is 23.3. The standard InChI is InChI=1S/C20H14F3N3O2.C18H13F3N2O3.C3H5N/c1-2-11-24-17(27)19-26-25-18(28-19)16-6-4-3-5-14(16)12-13-7-9-15(10-8-13)20(21,22)23;1-25-17(24)16-23-22-15(26-16)14-5-3-2-4-12(14)10-11-6-8-13(9-7-11)18(19,20)21;1-2-3-4/h1,3-10H,11-12H2,(H,24,27);2-9H,10H2,1H3;1H,3-4H2. The zero-order valence-electron chi connectivity index (χ0n) is 30.4. The number of methoxy groups -OCH3 is 1. The minimum Gasteiger partial charge on any atom is -0.462 e. The molecule has 0 radical (unpaired) electrons. The van der Waals surface area contributed by atoms with Crippen LogP contribution in [-0.4, -0.2) is 52.5 Å². The number of terminal acetylenes is 2. The van der Waals surface area contributed by atoms with Crippen LogP contribution in [0.3, 0.4) is 0 Å². The van der Waals surface area contributed by atoms with Gasteiger partial charge in [0.2, 0.25) is 11.8 Å². The third-order valence-electron chi connectivity index (χ3n) is 7.72. The molecule has 298 valence electrons. The Labute approximate surface area is 327 Å². The summed E-state index contributed by atoms with van der Waals surface area (Å²) in [5.74, 6) is 2.91. The number of aromatic nitrogens is 4. The fourth-order valence-electron chi connectivity index (χ4n) is 4.96. The second kappa shape index (κ2) is 20.1. The van der Waals surface area contributed by atoms with Crippen molar-refractivity contribution in [2.24, 2.45) is 5.73 Å². The summed E-state index contributed by atoms with van der Waals surface area (Å²) in [6, 6.07) is 24.0. The van der Waals surface area contributed by atoms with E-state index >= 15 is 0 Å². The summed E-state index contributed by atoms with van der Waals surface area (Å²) in [6.45, 7) is 0.376. The van der Waals surface area contributed by atoms with Crippen LogP contribution in [-0.2, 0) is 29.9 Å². The van der Waals surface area contributed by atoms with Crippen molar-refractivity contribution in [3.63, 3.8) is 0 Å². The molecule has 1 amide bonds. The zero-order valence-corrected chi connectivity index (χ0v) is 30.4. The molecule has 0 aliphatic heterocycles. The minimum absolute atomic E-state index is 0.0288. The first-order chi connectivity index (χ1) is 27.7. The first-order valence-corrected chi connectivity index (χ1v) is 16.8. The minimum atomic E-state index is -4.38. The number of hydrogen-bond acceptors (Lipinski definition) is 10. The van der Waals surface area contributed by atoms with Crippen LogP contribution in [0.5, 0.6) is 0 Å². The Morgan fingerprint density at radius 3 is 1.48 bits per heavy atom. The van der Waals surface area contributed by atoms with Crippen molar-refractivity contribution in [2.45, 2.75) is 25.2 Å². The molecule has 0 bridgehead atoms. The summed E-state index contributed by atoms with van der Waals surface area (Å²) in [6.07, 6.45) is 1.71. The van der Waals surface area contributed by atoms with Gasteiger partial charge in [0.25, 0.3) is 0 Å². The Kier molecular flexibility index (Phi) is 15.1. The zero-order chi connectivity index (χ0) is 42.3. The van der Waals surface area contributed by atoms with Crippen molar-refractivity contribution >= 4 is 11.9 Å². The topological polar surface area (TPSA) is 159 Å². The van der Waals surface area contributed by atoms with Gasteiger partial charge < -0.3 is 24.6 Å². The number of ether oxygens (including phenoxy) is 1. The average Bonchev–Trinajstić information content (AvgIpc) is 3.92. The molecule has 0 unspecified atom stereocenters. The second-order valence-electron chi connectivity index (χ2n) is 11.7. The number of esters is 1. The number of amides is 1. The third kappa shape index (κ3) is 12.1. The number of nitrogens with two attached hydrogens (primary N) is 1. The summed E-state index contributed by atoms with van der Waals surface area (Å²) in [7, 11) is 1.20. The van der Waals surface area contributed by atoms with Gasteiger partial charge in [-0.2, -0.15) is 26.3 Å². The molecule has 0 saturated carbocycles. The van der Waals surface area contributed by atoms with Crippen molar-refractivity contribution in [3.8, 4) is 47.6 Å². The maximum Gasteiger partial charge on any atom is 0.416 e. The Bertz CT molecular complexity index is 2370. The molecule has 0 aliphatic rings. The molecule has 0 spiro atoms. The van der Waals surface area contributed by atoms with Crippen molar-refractivity contribution in [2.75, 3.05) is 20.2 Å². The van der Waals surface area contributed by atoms with E-state index in [1.807, 2.05) is 0 Å². The van der Waals surface area contributed by atoms with Gasteiger partial charge in [0, 0.05) is 11.1 Å². The molecular weight excluding hydrogens is 770 g/mol. The Balaban J connectivity index is 0.000000236. The molecule has 4 aromatic carbocycles. The number of rotatable bonds is 9. The molecule has 6 aromatic rings. The van der Waals surface area contributed by atoms with Crippen LogP contribution in [0.4, 0.5) is 26.3 Å². The number of carbonyl (C=O) groups excluding carboxylic acids is 2. The number of carbonyl (C=O) groups is 2. The van der Waals surface area contributed by atoms with Gasteiger partial charge in [0.05, 0.1) is 31.3 Å². The number of benzene rings is 4. The molecule has 2 aromatic heterocycles. The van der Waals surface area contributed by atoms with E-state index in [-0.39, 0.29) is 30.1 Å². The molecule has 0 saturated heterocycles. The maximum atomic E-state index is 12.7. The van der Waals surface area contributed by atoms with Gasteiger partial charge in [0.1, 0.15) is 0 Å². The highest BCUT2D eigenvalue weighted by atomic mass is 19.4. The van der Waals surface area contributed by atoms with Crippen LogP contribution in [0, 0.1) is 24.7 Å². The van der Waals surface area contributed by atoms with Crippen molar-refractivity contribution < 1.29 is 49.5 Å². The van der Waals surface area contributed by atoms with Gasteiger partial charge in [0.15, 0.2) is 0 Å². The fraction of sp³-hybridized carbons (Fsp3) is 0.171. The van der Waals surface area contributed by atoms with Gasteiger partial charge in [-0.3, -0.25) is 4.79 Å². The maximum absolute atomic E-state index is 12.7. The first kappa shape index (κ1) is 43.5. The van der Waals surface area contributed by atoms with Crippen molar-refractivity contribution in [3.05, 3.63) is 142 Å². The highest BCUT2D eigenvalue weighted by Gasteiger charge is 2.31. The molecule has 0 aliphatic carbocycles. The van der Waals surface area contributed by atoms with E-state index in [9.17, 15) is 35.9 Å². The molecule has 58 heavy (non-hydrogen) atoms. The summed E-state index contributed by atoms with van der Waals surface area (Å²) in [5, 5.41) is 17.5. The predicted molar refractivity (Wildman–Crippen MR) is 198 cm³/mol. The number of nitrogens with one attached hydrogen (secondary N) is 1. The highest BCUT2D eigenvalue weighted by molar-refractivity contribution is 5.89. The van der Waals surface area contributed by atoms with Gasteiger partial charge >= 0.3 is 36.0 Å². The van der Waals surface area contributed by atoms with E-state index in [1.54, 1.807) is 48.5 Å². The Morgan fingerprint density at radius 1 is 0.672 bits per heavy atom. The van der Waals surface area contributed by atoms with E-state index < -0.39 is 35.4 Å². The van der Waals surface area contributed by atoms with E-state index in [0.29, 0.717) is 41.6 Å². The SMILES string of the molecule is C#CCN.C#CCNC(=O)c1nnc(-c2ccccc2Cc2ccc(C(F)(F)F)cc2)o1.COC(=O)c1nnc(-c2ccccc2Cc2ccc(C(F)(F)F)cc2)o1.